The van der Waals surface area contributed by atoms with E-state index in [2.05, 4.69) is 10.0 Å². The van der Waals surface area contributed by atoms with E-state index in [4.69, 9.17) is 10.5 Å². The van der Waals surface area contributed by atoms with Crippen molar-refractivity contribution < 1.29 is 17.9 Å². The van der Waals surface area contributed by atoms with Crippen LogP contribution in [-0.2, 0) is 14.8 Å². The van der Waals surface area contributed by atoms with Gasteiger partial charge in [0.1, 0.15) is 11.8 Å². The first-order valence-electron chi connectivity index (χ1n) is 7.87. The second-order valence-corrected chi connectivity index (χ2v) is 7.79. The summed E-state index contributed by atoms with van der Waals surface area (Å²) in [5, 5.41) is 2.72. The van der Waals surface area contributed by atoms with Crippen LogP contribution in [-0.4, -0.2) is 40.1 Å². The monoisotopic (exact) mass is 357 g/mol. The molecule has 24 heavy (non-hydrogen) atoms. The normalized spacial score (nSPS) is 14.2. The molecule has 0 radical (unpaired) electrons. The first kappa shape index (κ1) is 20.4. The Labute approximate surface area is 144 Å². The molecule has 0 aromatic heterocycles. The number of carbonyl (C=O) groups excluding carboxylic acids is 1. The maximum Gasteiger partial charge on any atom is 0.241 e. The van der Waals surface area contributed by atoms with Gasteiger partial charge in [0.15, 0.2) is 0 Å². The molecule has 0 saturated carbocycles. The predicted molar refractivity (Wildman–Crippen MR) is 93.2 cm³/mol. The van der Waals surface area contributed by atoms with Crippen molar-refractivity contribution in [1.82, 2.24) is 10.0 Å². The maximum atomic E-state index is 12.5. The van der Waals surface area contributed by atoms with Crippen LogP contribution in [0.25, 0.3) is 0 Å². The second kappa shape index (κ2) is 9.00. The molecule has 0 aliphatic heterocycles. The van der Waals surface area contributed by atoms with Crippen LogP contribution >= 0.6 is 0 Å². The molecule has 0 aliphatic carbocycles. The third kappa shape index (κ3) is 6.10. The van der Waals surface area contributed by atoms with Crippen LogP contribution in [0.5, 0.6) is 5.75 Å². The highest BCUT2D eigenvalue weighted by atomic mass is 32.2. The first-order chi connectivity index (χ1) is 11.2. The Hall–Kier alpha value is -1.64. The quantitative estimate of drug-likeness (QED) is 0.607. The lowest BCUT2D eigenvalue weighted by Gasteiger charge is -2.22. The first-order valence-corrected chi connectivity index (χ1v) is 9.35. The fraction of sp³-hybridized carbons (Fsp3) is 0.562. The van der Waals surface area contributed by atoms with Crippen molar-refractivity contribution in [2.75, 3.05) is 13.7 Å². The highest BCUT2D eigenvalue weighted by molar-refractivity contribution is 7.89. The Morgan fingerprint density at radius 1 is 1.21 bits per heavy atom. The highest BCUT2D eigenvalue weighted by Crippen LogP contribution is 2.16. The van der Waals surface area contributed by atoms with Gasteiger partial charge in [0.2, 0.25) is 15.9 Å². The molecule has 0 spiro atoms. The fourth-order valence-corrected chi connectivity index (χ4v) is 3.36. The van der Waals surface area contributed by atoms with Crippen LogP contribution < -0.4 is 20.5 Å². The van der Waals surface area contributed by atoms with Gasteiger partial charge < -0.3 is 15.8 Å². The van der Waals surface area contributed by atoms with Crippen LogP contribution in [0.3, 0.4) is 0 Å². The van der Waals surface area contributed by atoms with Gasteiger partial charge in [-0.2, -0.15) is 4.72 Å². The van der Waals surface area contributed by atoms with Gasteiger partial charge in [0.05, 0.1) is 12.0 Å². The highest BCUT2D eigenvalue weighted by Gasteiger charge is 2.28. The van der Waals surface area contributed by atoms with E-state index >= 15 is 0 Å². The lowest BCUT2D eigenvalue weighted by atomic mass is 10.0. The van der Waals surface area contributed by atoms with E-state index in [1.54, 1.807) is 26.0 Å². The minimum absolute atomic E-state index is 0.0289. The molecule has 1 aromatic rings. The summed E-state index contributed by atoms with van der Waals surface area (Å²) in [7, 11) is -2.30. The number of hydrogen-bond donors (Lipinski definition) is 3. The number of ether oxygens (including phenoxy) is 1. The molecule has 1 aromatic carbocycles. The molecule has 0 saturated heterocycles. The van der Waals surface area contributed by atoms with Crippen LogP contribution in [0, 0.1) is 5.92 Å². The smallest absolute Gasteiger partial charge is 0.241 e. The molecule has 2 atom stereocenters. The molecule has 1 rings (SSSR count). The summed E-state index contributed by atoms with van der Waals surface area (Å²) >= 11 is 0. The molecule has 8 heteroatoms. The van der Waals surface area contributed by atoms with Gasteiger partial charge in [-0.05, 0) is 43.5 Å². The SMILES string of the molecule is COc1ccc(S(=O)(=O)NC(C(=O)NCCC(C)N)C(C)C)cc1. The number of nitrogens with two attached hydrogens (primary N) is 1. The van der Waals surface area contributed by atoms with Crippen molar-refractivity contribution in [3.8, 4) is 5.75 Å². The average molecular weight is 357 g/mol. The van der Waals surface area contributed by atoms with Crippen LogP contribution in [0.2, 0.25) is 0 Å². The topological polar surface area (TPSA) is 111 Å². The van der Waals surface area contributed by atoms with Crippen molar-refractivity contribution in [1.29, 1.82) is 0 Å². The maximum absolute atomic E-state index is 12.5. The van der Waals surface area contributed by atoms with E-state index in [-0.39, 0.29) is 22.8 Å². The van der Waals surface area contributed by atoms with Gasteiger partial charge in [-0.1, -0.05) is 13.8 Å². The van der Waals surface area contributed by atoms with Crippen molar-refractivity contribution in [2.24, 2.45) is 11.7 Å². The molecule has 2 unspecified atom stereocenters. The van der Waals surface area contributed by atoms with E-state index < -0.39 is 16.1 Å². The summed E-state index contributed by atoms with van der Waals surface area (Å²) < 4.78 is 32.4. The lowest BCUT2D eigenvalue weighted by Crippen LogP contribution is -2.50. The summed E-state index contributed by atoms with van der Waals surface area (Å²) in [5.74, 6) is -0.000864. The molecule has 0 heterocycles. The molecule has 0 fully saturated rings. The van der Waals surface area contributed by atoms with Crippen LogP contribution in [0.15, 0.2) is 29.2 Å². The Morgan fingerprint density at radius 3 is 2.25 bits per heavy atom. The van der Waals surface area contributed by atoms with Gasteiger partial charge in [0.25, 0.3) is 0 Å². The van der Waals surface area contributed by atoms with Crippen LogP contribution in [0.1, 0.15) is 27.2 Å². The Bertz CT molecular complexity index is 627. The molecule has 7 nitrogen and oxygen atoms in total. The standard InChI is InChI=1S/C16H27N3O4S/c1-11(2)15(16(20)18-10-9-12(3)17)19-24(21,22)14-7-5-13(23-4)6-8-14/h5-8,11-12,15,19H,9-10,17H2,1-4H3,(H,18,20). The van der Waals surface area contributed by atoms with Gasteiger partial charge in [0, 0.05) is 12.6 Å². The summed E-state index contributed by atoms with van der Waals surface area (Å²) in [6.07, 6.45) is 0.627. The van der Waals surface area contributed by atoms with Gasteiger partial charge in [-0.3, -0.25) is 4.79 Å². The summed E-state index contributed by atoms with van der Waals surface area (Å²) in [6.45, 7) is 5.82. The summed E-state index contributed by atoms with van der Waals surface area (Å²) in [6, 6.07) is 5.10. The molecule has 4 N–H and O–H groups in total. The van der Waals surface area contributed by atoms with E-state index in [1.807, 2.05) is 6.92 Å². The molecule has 1 amide bonds. The molecule has 136 valence electrons. The van der Waals surface area contributed by atoms with E-state index in [9.17, 15) is 13.2 Å². The number of methoxy groups -OCH3 is 1. The molecular formula is C16H27N3O4S. The molecule has 0 aliphatic rings. The van der Waals surface area contributed by atoms with Gasteiger partial charge in [-0.15, -0.1) is 0 Å². The van der Waals surface area contributed by atoms with Crippen LogP contribution in [0.4, 0.5) is 0 Å². The number of nitrogens with one attached hydrogen (secondary N) is 2. The lowest BCUT2D eigenvalue weighted by molar-refractivity contribution is -0.123. The summed E-state index contributed by atoms with van der Waals surface area (Å²) in [4.78, 5) is 12.4. The fourth-order valence-electron chi connectivity index (χ4n) is 2.02. The number of rotatable bonds is 9. The van der Waals surface area contributed by atoms with Crippen molar-refractivity contribution in [3.05, 3.63) is 24.3 Å². The van der Waals surface area contributed by atoms with Crippen molar-refractivity contribution >= 4 is 15.9 Å². The predicted octanol–water partition coefficient (Wildman–Crippen LogP) is 0.852. The van der Waals surface area contributed by atoms with Crippen molar-refractivity contribution in [3.63, 3.8) is 0 Å². The minimum Gasteiger partial charge on any atom is -0.497 e. The second-order valence-electron chi connectivity index (χ2n) is 6.08. The minimum atomic E-state index is -3.81. The number of hydrogen-bond acceptors (Lipinski definition) is 5. The van der Waals surface area contributed by atoms with E-state index in [1.165, 1.54) is 19.2 Å². The zero-order valence-corrected chi connectivity index (χ0v) is 15.4. The summed E-state index contributed by atoms with van der Waals surface area (Å²) in [5.41, 5.74) is 5.64. The Balaban J connectivity index is 2.83. The third-order valence-corrected chi connectivity index (χ3v) is 4.96. The van der Waals surface area contributed by atoms with E-state index in [0.717, 1.165) is 0 Å². The number of sulfonamides is 1. The number of benzene rings is 1. The number of amides is 1. The molecule has 0 bridgehead atoms. The van der Waals surface area contributed by atoms with Crippen molar-refractivity contribution in [2.45, 2.75) is 44.2 Å². The molecular weight excluding hydrogens is 330 g/mol. The van der Waals surface area contributed by atoms with Gasteiger partial charge >= 0.3 is 0 Å². The third-order valence-electron chi connectivity index (χ3n) is 3.50. The largest absolute Gasteiger partial charge is 0.497 e. The number of carbonyl (C=O) groups is 1. The average Bonchev–Trinajstić information content (AvgIpc) is 2.52. The van der Waals surface area contributed by atoms with E-state index in [0.29, 0.717) is 18.7 Å². The zero-order valence-electron chi connectivity index (χ0n) is 14.6. The Morgan fingerprint density at radius 2 is 1.79 bits per heavy atom. The van der Waals surface area contributed by atoms with Gasteiger partial charge in [-0.25, -0.2) is 8.42 Å². The Kier molecular flexibility index (Phi) is 7.65. The zero-order chi connectivity index (χ0) is 18.3.